The zero-order chi connectivity index (χ0) is 17.6. The summed E-state index contributed by atoms with van der Waals surface area (Å²) in [5.41, 5.74) is 1.94. The Morgan fingerprint density at radius 3 is 2.44 bits per heavy atom. The minimum atomic E-state index is -0.713. The molecule has 0 aliphatic carbocycles. The predicted molar refractivity (Wildman–Crippen MR) is 90.0 cm³/mol. The summed E-state index contributed by atoms with van der Waals surface area (Å²) in [6.07, 6.45) is 1.57. The Hall–Kier alpha value is -3.12. The van der Waals surface area contributed by atoms with Crippen molar-refractivity contribution in [3.05, 3.63) is 70.4 Å². The van der Waals surface area contributed by atoms with Gasteiger partial charge in [0.05, 0.1) is 17.5 Å². The molecular weight excluding hydrogens is 344 g/mol. The standard InChI is InChI=1S/C18H11ClN2O4/c19-11-5-6-15-14(8-11)10(9-20-15)7-16(22)25-21-17(23)12-3-1-2-4-13(12)18(21)24/h1-6,8-9,20H,7H2. The number of nitrogens with zero attached hydrogens (tertiary/aromatic N) is 1. The van der Waals surface area contributed by atoms with Gasteiger partial charge in [-0.25, -0.2) is 4.79 Å². The van der Waals surface area contributed by atoms with Crippen LogP contribution >= 0.6 is 11.6 Å². The number of hydrogen-bond donors (Lipinski definition) is 1. The largest absolute Gasteiger partial charge is 0.361 e. The van der Waals surface area contributed by atoms with Crippen molar-refractivity contribution in [2.75, 3.05) is 0 Å². The summed E-state index contributed by atoms with van der Waals surface area (Å²) in [6, 6.07) is 11.6. The maximum Gasteiger partial charge on any atom is 0.337 e. The van der Waals surface area contributed by atoms with Crippen LogP contribution in [0.4, 0.5) is 0 Å². The highest BCUT2D eigenvalue weighted by Crippen LogP contribution is 2.25. The van der Waals surface area contributed by atoms with E-state index >= 15 is 0 Å². The van der Waals surface area contributed by atoms with Gasteiger partial charge in [-0.15, -0.1) is 0 Å². The summed E-state index contributed by atoms with van der Waals surface area (Å²) < 4.78 is 0. The monoisotopic (exact) mass is 354 g/mol. The van der Waals surface area contributed by atoms with E-state index in [4.69, 9.17) is 16.4 Å². The van der Waals surface area contributed by atoms with Crippen LogP contribution in [0.3, 0.4) is 0 Å². The van der Waals surface area contributed by atoms with Crippen molar-refractivity contribution in [2.45, 2.75) is 6.42 Å². The molecule has 1 N–H and O–H groups in total. The second-order valence-electron chi connectivity index (χ2n) is 5.59. The highest BCUT2D eigenvalue weighted by atomic mass is 35.5. The molecule has 1 aliphatic rings. The van der Waals surface area contributed by atoms with Gasteiger partial charge in [-0.1, -0.05) is 28.8 Å². The van der Waals surface area contributed by atoms with Crippen LogP contribution in [0, 0.1) is 0 Å². The number of halogens is 1. The number of H-pyrrole nitrogens is 1. The normalized spacial score (nSPS) is 13.4. The Kier molecular flexibility index (Phi) is 3.54. The van der Waals surface area contributed by atoms with Crippen LogP contribution < -0.4 is 0 Å². The van der Waals surface area contributed by atoms with Gasteiger partial charge in [0.25, 0.3) is 11.8 Å². The molecule has 6 nitrogen and oxygen atoms in total. The van der Waals surface area contributed by atoms with Crippen molar-refractivity contribution in [2.24, 2.45) is 0 Å². The van der Waals surface area contributed by atoms with E-state index in [1.165, 1.54) is 12.1 Å². The van der Waals surface area contributed by atoms with E-state index in [-0.39, 0.29) is 17.5 Å². The molecule has 0 unspecified atom stereocenters. The summed E-state index contributed by atoms with van der Waals surface area (Å²) in [6.45, 7) is 0. The lowest BCUT2D eigenvalue weighted by molar-refractivity contribution is -0.167. The van der Waals surface area contributed by atoms with Gasteiger partial charge >= 0.3 is 5.97 Å². The number of benzene rings is 2. The maximum absolute atomic E-state index is 12.2. The molecular formula is C18H11ClN2O4. The Bertz CT molecular complexity index is 1010. The molecule has 0 saturated carbocycles. The van der Waals surface area contributed by atoms with Gasteiger partial charge in [0.2, 0.25) is 0 Å². The van der Waals surface area contributed by atoms with Gasteiger partial charge in [0.1, 0.15) is 0 Å². The van der Waals surface area contributed by atoms with Crippen LogP contribution in [0.2, 0.25) is 5.02 Å². The lowest BCUT2D eigenvalue weighted by Gasteiger charge is -2.12. The molecule has 2 aromatic carbocycles. The molecule has 1 aliphatic heterocycles. The van der Waals surface area contributed by atoms with Gasteiger partial charge in [-0.3, -0.25) is 9.59 Å². The Labute approximate surface area is 146 Å². The fourth-order valence-corrected chi connectivity index (χ4v) is 3.01. The number of carbonyl (C=O) groups excluding carboxylic acids is 3. The minimum absolute atomic E-state index is 0.103. The number of aromatic nitrogens is 1. The van der Waals surface area contributed by atoms with Crippen molar-refractivity contribution in [1.82, 2.24) is 10.0 Å². The molecule has 0 spiro atoms. The quantitative estimate of drug-likeness (QED) is 0.733. The highest BCUT2D eigenvalue weighted by molar-refractivity contribution is 6.31. The Morgan fingerprint density at radius 1 is 1.08 bits per heavy atom. The minimum Gasteiger partial charge on any atom is -0.361 e. The summed E-state index contributed by atoms with van der Waals surface area (Å²) in [5.74, 6) is -2.00. The first kappa shape index (κ1) is 15.4. The first-order valence-corrected chi connectivity index (χ1v) is 7.86. The van der Waals surface area contributed by atoms with E-state index in [0.29, 0.717) is 15.6 Å². The molecule has 0 saturated heterocycles. The number of fused-ring (bicyclic) bond motifs is 2. The molecule has 25 heavy (non-hydrogen) atoms. The van der Waals surface area contributed by atoms with E-state index in [1.807, 2.05) is 0 Å². The average Bonchev–Trinajstić information content (AvgIpc) is 3.10. The number of carbonyl (C=O) groups is 3. The van der Waals surface area contributed by atoms with Gasteiger partial charge in [0, 0.05) is 22.1 Å². The second kappa shape index (κ2) is 5.75. The summed E-state index contributed by atoms with van der Waals surface area (Å²) >= 11 is 5.98. The molecule has 0 bridgehead atoms. The van der Waals surface area contributed by atoms with E-state index in [2.05, 4.69) is 4.98 Å². The summed E-state index contributed by atoms with van der Waals surface area (Å²) in [7, 11) is 0. The topological polar surface area (TPSA) is 79.5 Å². The van der Waals surface area contributed by atoms with Crippen molar-refractivity contribution >= 4 is 40.3 Å². The molecule has 0 fully saturated rings. The van der Waals surface area contributed by atoms with Crippen molar-refractivity contribution < 1.29 is 19.2 Å². The number of amides is 2. The van der Waals surface area contributed by atoms with Crippen LogP contribution in [0.1, 0.15) is 26.3 Å². The van der Waals surface area contributed by atoms with Gasteiger partial charge in [0.15, 0.2) is 0 Å². The van der Waals surface area contributed by atoms with Crippen LogP contribution in [0.25, 0.3) is 10.9 Å². The van der Waals surface area contributed by atoms with E-state index < -0.39 is 17.8 Å². The molecule has 3 aromatic rings. The van der Waals surface area contributed by atoms with Crippen molar-refractivity contribution in [1.29, 1.82) is 0 Å². The zero-order valence-electron chi connectivity index (χ0n) is 12.8. The van der Waals surface area contributed by atoms with Crippen LogP contribution in [-0.4, -0.2) is 27.8 Å². The van der Waals surface area contributed by atoms with Crippen LogP contribution in [0.15, 0.2) is 48.7 Å². The molecule has 1 aromatic heterocycles. The fraction of sp³-hybridized carbons (Fsp3) is 0.0556. The van der Waals surface area contributed by atoms with E-state index in [1.54, 1.807) is 36.5 Å². The third-order valence-electron chi connectivity index (χ3n) is 4.01. The fourth-order valence-electron chi connectivity index (χ4n) is 2.84. The summed E-state index contributed by atoms with van der Waals surface area (Å²) in [5, 5.41) is 1.84. The van der Waals surface area contributed by atoms with E-state index in [0.717, 1.165) is 10.9 Å². The number of hydroxylamine groups is 2. The number of imide groups is 1. The third kappa shape index (κ3) is 2.56. The Balaban J connectivity index is 1.54. The Morgan fingerprint density at radius 2 is 1.76 bits per heavy atom. The van der Waals surface area contributed by atoms with Crippen molar-refractivity contribution in [3.8, 4) is 0 Å². The van der Waals surface area contributed by atoms with Crippen LogP contribution in [-0.2, 0) is 16.1 Å². The lowest BCUT2D eigenvalue weighted by atomic mass is 10.1. The second-order valence-corrected chi connectivity index (χ2v) is 6.03. The molecule has 0 atom stereocenters. The first-order valence-electron chi connectivity index (χ1n) is 7.49. The smallest absolute Gasteiger partial charge is 0.337 e. The molecule has 2 heterocycles. The average molecular weight is 355 g/mol. The SMILES string of the molecule is O=C(Cc1c[nH]c2ccc(Cl)cc12)ON1C(=O)c2ccccc2C1=O. The number of rotatable bonds is 3. The number of nitrogens with one attached hydrogen (secondary N) is 1. The summed E-state index contributed by atoms with van der Waals surface area (Å²) in [4.78, 5) is 44.7. The molecule has 2 amide bonds. The maximum atomic E-state index is 12.2. The van der Waals surface area contributed by atoms with Gasteiger partial charge in [-0.2, -0.15) is 0 Å². The molecule has 4 rings (SSSR count). The molecule has 0 radical (unpaired) electrons. The highest BCUT2D eigenvalue weighted by Gasteiger charge is 2.38. The van der Waals surface area contributed by atoms with Crippen LogP contribution in [0.5, 0.6) is 0 Å². The van der Waals surface area contributed by atoms with E-state index in [9.17, 15) is 14.4 Å². The van der Waals surface area contributed by atoms with Crippen molar-refractivity contribution in [3.63, 3.8) is 0 Å². The molecule has 7 heteroatoms. The number of aromatic amines is 1. The lowest BCUT2D eigenvalue weighted by Crippen LogP contribution is -2.33. The van der Waals surface area contributed by atoms with Gasteiger partial charge < -0.3 is 9.82 Å². The zero-order valence-corrected chi connectivity index (χ0v) is 13.5. The predicted octanol–water partition coefficient (Wildman–Crippen LogP) is 3.12. The first-order chi connectivity index (χ1) is 12.0. The third-order valence-corrected chi connectivity index (χ3v) is 4.25. The molecule has 124 valence electrons. The number of hydrogen-bond acceptors (Lipinski definition) is 4. The van der Waals surface area contributed by atoms with Gasteiger partial charge in [-0.05, 0) is 35.9 Å².